The first-order chi connectivity index (χ1) is 12.9. The summed E-state index contributed by atoms with van der Waals surface area (Å²) in [5, 5.41) is 2.76. The second-order valence-electron chi connectivity index (χ2n) is 7.11. The maximum Gasteiger partial charge on any atom is 0.326 e. The number of amides is 3. The zero-order valence-corrected chi connectivity index (χ0v) is 15.2. The Kier molecular flexibility index (Phi) is 5.62. The van der Waals surface area contributed by atoms with Crippen LogP contribution in [0, 0.1) is 11.7 Å². The zero-order chi connectivity index (χ0) is 19.4. The van der Waals surface area contributed by atoms with Gasteiger partial charge in [-0.15, -0.1) is 0 Å². The van der Waals surface area contributed by atoms with E-state index in [1.165, 1.54) is 24.3 Å². The lowest BCUT2D eigenvalue weighted by Gasteiger charge is -2.33. The number of urea groups is 1. The van der Waals surface area contributed by atoms with Gasteiger partial charge in [0.2, 0.25) is 0 Å². The van der Waals surface area contributed by atoms with Gasteiger partial charge in [-0.2, -0.15) is 0 Å². The van der Waals surface area contributed by atoms with Crippen LogP contribution in [0.15, 0.2) is 24.3 Å². The van der Waals surface area contributed by atoms with Crippen molar-refractivity contribution < 1.29 is 28.2 Å². The molecular formula is C19H23FN2O5. The predicted octanol–water partition coefficient (Wildman–Crippen LogP) is 2.25. The third kappa shape index (κ3) is 4.37. The van der Waals surface area contributed by atoms with E-state index < -0.39 is 24.1 Å². The monoisotopic (exact) mass is 378 g/mol. The number of hydrogen-bond acceptors (Lipinski definition) is 5. The average Bonchev–Trinajstić information content (AvgIpc) is 2.87. The Labute approximate surface area is 156 Å². The number of esters is 1. The molecule has 0 radical (unpaired) electrons. The first kappa shape index (κ1) is 19.1. The largest absolute Gasteiger partial charge is 0.490 e. The molecule has 0 aromatic heterocycles. The number of carbonyl (C=O) groups excluding carboxylic acids is 3. The van der Waals surface area contributed by atoms with Crippen LogP contribution in [0.4, 0.5) is 9.18 Å². The molecule has 27 heavy (non-hydrogen) atoms. The number of benzene rings is 1. The Bertz CT molecular complexity index is 713. The highest BCUT2D eigenvalue weighted by Crippen LogP contribution is 2.36. The van der Waals surface area contributed by atoms with Crippen LogP contribution >= 0.6 is 0 Å². The summed E-state index contributed by atoms with van der Waals surface area (Å²) in [5.41, 5.74) is -0.866. The molecule has 146 valence electrons. The highest BCUT2D eigenvalue weighted by molar-refractivity contribution is 6.08. The van der Waals surface area contributed by atoms with Crippen molar-refractivity contribution in [1.29, 1.82) is 0 Å². The maximum atomic E-state index is 12.8. The van der Waals surface area contributed by atoms with Gasteiger partial charge in [0.15, 0.2) is 0 Å². The highest BCUT2D eigenvalue weighted by Gasteiger charge is 2.52. The van der Waals surface area contributed by atoms with E-state index in [-0.39, 0.29) is 24.9 Å². The van der Waals surface area contributed by atoms with Gasteiger partial charge in [0, 0.05) is 0 Å². The highest BCUT2D eigenvalue weighted by atomic mass is 19.1. The number of rotatable bonds is 6. The minimum absolute atomic E-state index is 0.0392. The predicted molar refractivity (Wildman–Crippen MR) is 93.5 cm³/mol. The molecule has 1 saturated heterocycles. The van der Waals surface area contributed by atoms with Crippen LogP contribution in [0.2, 0.25) is 0 Å². The van der Waals surface area contributed by atoms with Crippen LogP contribution in [-0.2, 0) is 14.3 Å². The van der Waals surface area contributed by atoms with Crippen LogP contribution in [-0.4, -0.2) is 48.1 Å². The van der Waals surface area contributed by atoms with E-state index in [9.17, 15) is 18.8 Å². The van der Waals surface area contributed by atoms with Crippen LogP contribution < -0.4 is 10.1 Å². The lowest BCUT2D eigenvalue weighted by Crippen LogP contribution is -2.49. The van der Waals surface area contributed by atoms with Gasteiger partial charge in [-0.05, 0) is 55.9 Å². The molecule has 7 nitrogen and oxygen atoms in total. The Balaban J connectivity index is 1.44. The number of nitrogens with one attached hydrogen (secondary N) is 1. The first-order valence-corrected chi connectivity index (χ1v) is 9.08. The summed E-state index contributed by atoms with van der Waals surface area (Å²) in [6, 6.07) is 4.92. The van der Waals surface area contributed by atoms with Crippen LogP contribution in [0.3, 0.4) is 0 Å². The quantitative estimate of drug-likeness (QED) is 0.466. The Morgan fingerprint density at radius 1 is 1.22 bits per heavy atom. The minimum Gasteiger partial charge on any atom is -0.490 e. The van der Waals surface area contributed by atoms with Crippen molar-refractivity contribution in [2.75, 3.05) is 19.8 Å². The maximum absolute atomic E-state index is 12.8. The van der Waals surface area contributed by atoms with Crippen LogP contribution in [0.5, 0.6) is 5.75 Å². The topological polar surface area (TPSA) is 84.9 Å². The molecule has 1 aromatic rings. The number of hydrogen-bond donors (Lipinski definition) is 1. The molecule has 2 aliphatic rings. The summed E-state index contributed by atoms with van der Waals surface area (Å²) in [6.45, 7) is 1.75. The van der Waals surface area contributed by atoms with E-state index in [2.05, 4.69) is 12.2 Å². The van der Waals surface area contributed by atoms with E-state index in [0.717, 1.165) is 17.7 Å². The molecule has 0 bridgehead atoms. The molecule has 1 saturated carbocycles. The zero-order valence-electron chi connectivity index (χ0n) is 15.2. The Morgan fingerprint density at radius 3 is 2.56 bits per heavy atom. The third-order valence-corrected chi connectivity index (χ3v) is 5.09. The minimum atomic E-state index is -0.866. The molecule has 0 unspecified atom stereocenters. The van der Waals surface area contributed by atoms with Gasteiger partial charge in [0.1, 0.15) is 36.9 Å². The standard InChI is InChI=1S/C19H23FN2O5/c1-13-6-8-19(9-7-13)17(24)22(18(25)21-19)12-16(23)27-11-10-26-15-4-2-14(20)3-5-15/h2-5,13H,6-12H2,1H3,(H,21,25). The molecular weight excluding hydrogens is 355 g/mol. The lowest BCUT2D eigenvalue weighted by atomic mass is 9.77. The van der Waals surface area contributed by atoms with Crippen molar-refractivity contribution in [3.05, 3.63) is 30.1 Å². The van der Waals surface area contributed by atoms with Crippen LogP contribution in [0.25, 0.3) is 0 Å². The van der Waals surface area contributed by atoms with Crippen molar-refractivity contribution >= 4 is 17.9 Å². The fourth-order valence-corrected chi connectivity index (χ4v) is 3.43. The lowest BCUT2D eigenvalue weighted by molar-refractivity contribution is -0.148. The molecule has 1 aliphatic carbocycles. The Hall–Kier alpha value is -2.64. The molecule has 1 N–H and O–H groups in total. The molecule has 3 rings (SSSR count). The smallest absolute Gasteiger partial charge is 0.326 e. The molecule has 1 heterocycles. The van der Waals surface area contributed by atoms with Gasteiger partial charge in [-0.25, -0.2) is 9.18 Å². The number of halogens is 1. The fraction of sp³-hybridized carbons (Fsp3) is 0.526. The molecule has 1 aromatic carbocycles. The summed E-state index contributed by atoms with van der Waals surface area (Å²) in [7, 11) is 0. The van der Waals surface area contributed by atoms with Gasteiger partial charge in [-0.1, -0.05) is 6.92 Å². The molecule has 3 amide bonds. The van der Waals surface area contributed by atoms with Crippen molar-refractivity contribution in [1.82, 2.24) is 10.2 Å². The van der Waals surface area contributed by atoms with E-state index in [4.69, 9.17) is 9.47 Å². The van der Waals surface area contributed by atoms with E-state index in [1.54, 1.807) is 0 Å². The summed E-state index contributed by atoms with van der Waals surface area (Å²) in [4.78, 5) is 37.7. The number of imide groups is 1. The second kappa shape index (κ2) is 7.94. The number of carbonyl (C=O) groups is 3. The van der Waals surface area contributed by atoms with Crippen molar-refractivity contribution in [2.24, 2.45) is 5.92 Å². The second-order valence-corrected chi connectivity index (χ2v) is 7.11. The molecule has 1 spiro atoms. The van der Waals surface area contributed by atoms with Crippen LogP contribution in [0.1, 0.15) is 32.6 Å². The van der Waals surface area contributed by atoms with E-state index in [1.807, 2.05) is 0 Å². The van der Waals surface area contributed by atoms with Gasteiger partial charge in [0.05, 0.1) is 0 Å². The molecule has 1 aliphatic heterocycles. The summed E-state index contributed by atoms with van der Waals surface area (Å²) < 4.78 is 23.1. The normalized spacial score (nSPS) is 24.8. The van der Waals surface area contributed by atoms with E-state index >= 15 is 0 Å². The van der Waals surface area contributed by atoms with Gasteiger partial charge in [0.25, 0.3) is 5.91 Å². The summed E-state index contributed by atoms with van der Waals surface area (Å²) >= 11 is 0. The van der Waals surface area contributed by atoms with E-state index in [0.29, 0.717) is 24.5 Å². The SMILES string of the molecule is CC1CCC2(CC1)NC(=O)N(CC(=O)OCCOc1ccc(F)cc1)C2=O. The summed E-state index contributed by atoms with van der Waals surface area (Å²) in [6.07, 6.45) is 2.92. The van der Waals surface area contributed by atoms with Crippen molar-refractivity contribution in [3.8, 4) is 5.75 Å². The fourth-order valence-electron chi connectivity index (χ4n) is 3.43. The average molecular weight is 378 g/mol. The van der Waals surface area contributed by atoms with Gasteiger partial charge < -0.3 is 14.8 Å². The Morgan fingerprint density at radius 2 is 1.89 bits per heavy atom. The third-order valence-electron chi connectivity index (χ3n) is 5.09. The van der Waals surface area contributed by atoms with Crippen molar-refractivity contribution in [2.45, 2.75) is 38.1 Å². The summed E-state index contributed by atoms with van der Waals surface area (Å²) in [5.74, 6) is -0.413. The van der Waals surface area contributed by atoms with Gasteiger partial charge >= 0.3 is 12.0 Å². The molecule has 8 heteroatoms. The molecule has 0 atom stereocenters. The van der Waals surface area contributed by atoms with Crippen molar-refractivity contribution in [3.63, 3.8) is 0 Å². The number of nitrogens with zero attached hydrogens (tertiary/aromatic N) is 1. The number of ether oxygens (including phenoxy) is 2. The first-order valence-electron chi connectivity index (χ1n) is 9.08. The molecule has 2 fully saturated rings. The van der Waals surface area contributed by atoms with Gasteiger partial charge in [-0.3, -0.25) is 14.5 Å².